The zero-order valence-corrected chi connectivity index (χ0v) is 11.5. The Hall–Kier alpha value is -2.22. The third kappa shape index (κ3) is 2.85. The molecular formula is C12H13FN4O2S. The summed E-state index contributed by atoms with van der Waals surface area (Å²) in [6.07, 6.45) is 2.25. The molecule has 0 spiro atoms. The molecule has 0 aliphatic rings. The van der Waals surface area contributed by atoms with E-state index in [0.717, 1.165) is 6.26 Å². The van der Waals surface area contributed by atoms with Crippen molar-refractivity contribution >= 4 is 15.7 Å². The maximum Gasteiger partial charge on any atom is 0.179 e. The molecular weight excluding hydrogens is 283 g/mol. The molecule has 6 nitrogen and oxygen atoms in total. The van der Waals surface area contributed by atoms with Gasteiger partial charge in [0.25, 0.3) is 0 Å². The lowest BCUT2D eigenvalue weighted by Crippen LogP contribution is -2.16. The van der Waals surface area contributed by atoms with E-state index in [1.807, 2.05) is 0 Å². The lowest BCUT2D eigenvalue weighted by atomic mass is 10.2. The summed E-state index contributed by atoms with van der Waals surface area (Å²) >= 11 is 0. The number of benzene rings is 1. The highest BCUT2D eigenvalue weighted by Gasteiger charge is 2.20. The van der Waals surface area contributed by atoms with Gasteiger partial charge in [-0.15, -0.1) is 0 Å². The Bertz CT molecular complexity index is 768. The Kier molecular flexibility index (Phi) is 3.58. The number of amidine groups is 1. The lowest BCUT2D eigenvalue weighted by molar-refractivity contribution is 0.584. The van der Waals surface area contributed by atoms with E-state index in [-0.39, 0.29) is 17.1 Å². The van der Waals surface area contributed by atoms with Crippen molar-refractivity contribution in [1.29, 1.82) is 5.41 Å². The second-order valence-electron chi connectivity index (χ2n) is 4.32. The van der Waals surface area contributed by atoms with Crippen LogP contribution in [0.25, 0.3) is 0 Å². The van der Waals surface area contributed by atoms with Crippen molar-refractivity contribution in [2.24, 2.45) is 5.73 Å². The van der Waals surface area contributed by atoms with Crippen LogP contribution >= 0.6 is 0 Å². The Morgan fingerprint density at radius 3 is 2.60 bits per heavy atom. The summed E-state index contributed by atoms with van der Waals surface area (Å²) in [5, 5.41) is 11.3. The molecule has 8 heteroatoms. The van der Waals surface area contributed by atoms with Crippen molar-refractivity contribution in [1.82, 2.24) is 9.78 Å². The highest BCUT2D eigenvalue weighted by Crippen LogP contribution is 2.15. The summed E-state index contributed by atoms with van der Waals surface area (Å²) in [5.74, 6) is -0.856. The van der Waals surface area contributed by atoms with Gasteiger partial charge in [0.1, 0.15) is 22.2 Å². The predicted molar refractivity (Wildman–Crippen MR) is 71.9 cm³/mol. The van der Waals surface area contributed by atoms with Gasteiger partial charge in [0.2, 0.25) is 0 Å². The van der Waals surface area contributed by atoms with Gasteiger partial charge >= 0.3 is 0 Å². The summed E-state index contributed by atoms with van der Waals surface area (Å²) < 4.78 is 38.0. The van der Waals surface area contributed by atoms with Crippen molar-refractivity contribution in [3.05, 3.63) is 47.5 Å². The van der Waals surface area contributed by atoms with Crippen molar-refractivity contribution in [2.45, 2.75) is 11.4 Å². The highest BCUT2D eigenvalue weighted by atomic mass is 32.2. The monoisotopic (exact) mass is 296 g/mol. The lowest BCUT2D eigenvalue weighted by Gasteiger charge is -2.02. The molecule has 2 rings (SSSR count). The minimum atomic E-state index is -3.56. The molecule has 0 saturated heterocycles. The Morgan fingerprint density at radius 2 is 2.10 bits per heavy atom. The predicted octanol–water partition coefficient (Wildman–Crippen LogP) is 0.758. The number of sulfone groups is 1. The van der Waals surface area contributed by atoms with Gasteiger partial charge in [-0.3, -0.25) is 10.1 Å². The summed E-state index contributed by atoms with van der Waals surface area (Å²) in [6, 6.07) is 6.11. The van der Waals surface area contributed by atoms with Crippen LogP contribution in [-0.4, -0.2) is 30.3 Å². The number of hydrogen-bond donors (Lipinski definition) is 2. The first kappa shape index (κ1) is 14.2. The second kappa shape index (κ2) is 5.04. The van der Waals surface area contributed by atoms with Crippen LogP contribution in [0.4, 0.5) is 4.39 Å². The van der Waals surface area contributed by atoms with E-state index >= 15 is 0 Å². The average molecular weight is 296 g/mol. The number of nitrogen functional groups attached to an aromatic ring is 1. The summed E-state index contributed by atoms with van der Waals surface area (Å²) in [4.78, 5) is -0.138. The van der Waals surface area contributed by atoms with E-state index in [1.165, 1.54) is 16.9 Å². The van der Waals surface area contributed by atoms with E-state index in [1.54, 1.807) is 18.2 Å². The summed E-state index contributed by atoms with van der Waals surface area (Å²) in [5.41, 5.74) is 5.56. The molecule has 0 bridgehead atoms. The fourth-order valence-corrected chi connectivity index (χ4v) is 2.56. The molecule has 0 amide bonds. The number of halogens is 1. The molecule has 0 saturated carbocycles. The fourth-order valence-electron chi connectivity index (χ4n) is 1.74. The van der Waals surface area contributed by atoms with Crippen LogP contribution in [0.15, 0.2) is 35.4 Å². The number of hydrogen-bond acceptors (Lipinski definition) is 4. The van der Waals surface area contributed by atoms with E-state index in [4.69, 9.17) is 11.1 Å². The average Bonchev–Trinajstić information content (AvgIpc) is 2.76. The Labute approximate surface area is 115 Å². The smallest absolute Gasteiger partial charge is 0.179 e. The molecule has 0 fully saturated rings. The number of nitrogens with one attached hydrogen (secondary N) is 1. The maximum atomic E-state index is 13.5. The van der Waals surface area contributed by atoms with Crippen LogP contribution in [0.5, 0.6) is 0 Å². The van der Waals surface area contributed by atoms with Crippen LogP contribution in [-0.2, 0) is 16.4 Å². The molecule has 20 heavy (non-hydrogen) atoms. The molecule has 0 aliphatic heterocycles. The topological polar surface area (TPSA) is 102 Å². The zero-order chi connectivity index (χ0) is 14.9. The number of nitrogens with two attached hydrogens (primary N) is 1. The standard InChI is InChI=1S/C12H13FN4O2S/c1-20(18,19)10-7-17(16-11(10)12(14)15)6-8-4-2-3-5-9(8)13/h2-5,7H,6H2,1H3,(H3,14,15). The first-order chi connectivity index (χ1) is 9.29. The van der Waals surface area contributed by atoms with Crippen LogP contribution in [0.2, 0.25) is 0 Å². The fraction of sp³-hybridized carbons (Fsp3) is 0.167. The maximum absolute atomic E-state index is 13.5. The van der Waals surface area contributed by atoms with Crippen LogP contribution < -0.4 is 5.73 Å². The van der Waals surface area contributed by atoms with Gasteiger partial charge in [-0.1, -0.05) is 18.2 Å². The van der Waals surface area contributed by atoms with E-state index in [0.29, 0.717) is 5.56 Å². The molecule has 0 aliphatic carbocycles. The van der Waals surface area contributed by atoms with Gasteiger partial charge in [-0.05, 0) is 6.07 Å². The van der Waals surface area contributed by atoms with Gasteiger partial charge in [-0.2, -0.15) is 5.10 Å². The van der Waals surface area contributed by atoms with Crippen LogP contribution in [0, 0.1) is 11.2 Å². The first-order valence-corrected chi connectivity index (χ1v) is 7.53. The van der Waals surface area contributed by atoms with Crippen LogP contribution in [0.1, 0.15) is 11.3 Å². The van der Waals surface area contributed by atoms with Gasteiger partial charge in [0.05, 0.1) is 6.54 Å². The third-order valence-corrected chi connectivity index (χ3v) is 3.77. The second-order valence-corrected chi connectivity index (χ2v) is 6.30. The van der Waals surface area contributed by atoms with E-state index in [2.05, 4.69) is 5.10 Å². The molecule has 3 N–H and O–H groups in total. The minimum absolute atomic E-state index is 0.0580. The van der Waals surface area contributed by atoms with Gasteiger partial charge < -0.3 is 5.73 Å². The summed E-state index contributed by atoms with van der Waals surface area (Å²) in [7, 11) is -3.56. The van der Waals surface area contributed by atoms with Gasteiger partial charge in [-0.25, -0.2) is 12.8 Å². The number of aromatic nitrogens is 2. The number of nitrogens with zero attached hydrogens (tertiary/aromatic N) is 2. The highest BCUT2D eigenvalue weighted by molar-refractivity contribution is 7.90. The van der Waals surface area contributed by atoms with Crippen molar-refractivity contribution in [3.8, 4) is 0 Å². The molecule has 1 heterocycles. The molecule has 106 valence electrons. The van der Waals surface area contributed by atoms with Crippen molar-refractivity contribution in [3.63, 3.8) is 0 Å². The summed E-state index contributed by atoms with van der Waals surface area (Å²) in [6.45, 7) is 0.0580. The van der Waals surface area contributed by atoms with E-state index < -0.39 is 21.5 Å². The molecule has 0 atom stereocenters. The minimum Gasteiger partial charge on any atom is -0.382 e. The SMILES string of the molecule is CS(=O)(=O)c1cn(Cc2ccccc2F)nc1C(=N)N. The molecule has 1 aromatic carbocycles. The van der Waals surface area contributed by atoms with Gasteiger partial charge in [0.15, 0.2) is 9.84 Å². The zero-order valence-electron chi connectivity index (χ0n) is 10.7. The molecule has 0 radical (unpaired) electrons. The van der Waals surface area contributed by atoms with Crippen molar-refractivity contribution < 1.29 is 12.8 Å². The quantitative estimate of drug-likeness (QED) is 0.642. The molecule has 2 aromatic rings. The molecule has 0 unspecified atom stereocenters. The third-order valence-electron chi connectivity index (χ3n) is 2.67. The normalized spacial score (nSPS) is 11.5. The number of rotatable bonds is 4. The van der Waals surface area contributed by atoms with Gasteiger partial charge in [0, 0.05) is 18.0 Å². The van der Waals surface area contributed by atoms with Crippen LogP contribution in [0.3, 0.4) is 0 Å². The van der Waals surface area contributed by atoms with E-state index in [9.17, 15) is 12.8 Å². The Balaban J connectivity index is 2.45. The first-order valence-electron chi connectivity index (χ1n) is 5.64. The largest absolute Gasteiger partial charge is 0.382 e. The Morgan fingerprint density at radius 1 is 1.45 bits per heavy atom. The molecule has 1 aromatic heterocycles. The van der Waals surface area contributed by atoms with Crippen molar-refractivity contribution in [2.75, 3.05) is 6.26 Å².